The standard InChI is InChI=1S/C17H23NO2S/c1-21-16-9-15-14(19-6-7-20-15)8-12(16)10-18-11-17(4-5-17)13-2-3-13/h8-9,13,18H,2-7,10-11H2,1H3. The Bertz CT molecular complexity index is 538. The molecule has 2 aliphatic carbocycles. The fourth-order valence-corrected chi connectivity index (χ4v) is 4.09. The quantitative estimate of drug-likeness (QED) is 0.815. The number of thioether (sulfide) groups is 1. The van der Waals surface area contributed by atoms with Crippen molar-refractivity contribution in [3.8, 4) is 11.5 Å². The molecule has 4 rings (SSSR count). The molecule has 114 valence electrons. The Kier molecular flexibility index (Phi) is 3.54. The topological polar surface area (TPSA) is 30.5 Å². The van der Waals surface area contributed by atoms with Gasteiger partial charge in [-0.1, -0.05) is 0 Å². The highest BCUT2D eigenvalue weighted by atomic mass is 32.2. The molecule has 2 saturated carbocycles. The van der Waals surface area contributed by atoms with Crippen LogP contribution in [0.3, 0.4) is 0 Å². The van der Waals surface area contributed by atoms with E-state index < -0.39 is 0 Å². The normalized spacial score (nSPS) is 22.1. The van der Waals surface area contributed by atoms with Crippen LogP contribution in [0.1, 0.15) is 31.2 Å². The van der Waals surface area contributed by atoms with Crippen molar-refractivity contribution in [2.45, 2.75) is 37.1 Å². The fourth-order valence-electron chi connectivity index (χ4n) is 3.47. The first-order valence-corrected chi connectivity index (χ1v) is 9.20. The van der Waals surface area contributed by atoms with Crippen LogP contribution in [0, 0.1) is 11.3 Å². The Morgan fingerprint density at radius 3 is 2.52 bits per heavy atom. The van der Waals surface area contributed by atoms with E-state index in [-0.39, 0.29) is 0 Å². The Hall–Kier alpha value is -0.870. The van der Waals surface area contributed by atoms with E-state index >= 15 is 0 Å². The Labute approximate surface area is 130 Å². The minimum Gasteiger partial charge on any atom is -0.486 e. The second-order valence-electron chi connectivity index (χ2n) is 6.55. The van der Waals surface area contributed by atoms with Gasteiger partial charge in [-0.3, -0.25) is 0 Å². The molecule has 21 heavy (non-hydrogen) atoms. The van der Waals surface area contributed by atoms with Crippen LogP contribution >= 0.6 is 11.8 Å². The fraction of sp³-hybridized carbons (Fsp3) is 0.647. The molecule has 1 heterocycles. The van der Waals surface area contributed by atoms with Gasteiger partial charge in [0.25, 0.3) is 0 Å². The predicted octanol–water partition coefficient (Wildman–Crippen LogP) is 3.46. The lowest BCUT2D eigenvalue weighted by Crippen LogP contribution is -2.25. The summed E-state index contributed by atoms with van der Waals surface area (Å²) in [6, 6.07) is 4.29. The van der Waals surface area contributed by atoms with Crippen LogP contribution in [0.5, 0.6) is 11.5 Å². The third-order valence-corrected chi connectivity index (χ3v) is 5.89. The van der Waals surface area contributed by atoms with E-state index in [0.29, 0.717) is 18.6 Å². The molecular formula is C17H23NO2S. The minimum absolute atomic E-state index is 0.655. The summed E-state index contributed by atoms with van der Waals surface area (Å²) < 4.78 is 11.4. The molecule has 1 N–H and O–H groups in total. The van der Waals surface area contributed by atoms with Gasteiger partial charge in [0.05, 0.1) is 0 Å². The third kappa shape index (κ3) is 2.76. The molecule has 1 aromatic carbocycles. The lowest BCUT2D eigenvalue weighted by Gasteiger charge is -2.21. The SMILES string of the molecule is CSc1cc2c(cc1CNCC1(C3CC3)CC1)OCCO2. The van der Waals surface area contributed by atoms with Crippen molar-refractivity contribution < 1.29 is 9.47 Å². The summed E-state index contributed by atoms with van der Waals surface area (Å²) >= 11 is 1.78. The van der Waals surface area contributed by atoms with Gasteiger partial charge in [0.15, 0.2) is 11.5 Å². The van der Waals surface area contributed by atoms with Gasteiger partial charge in [-0.05, 0) is 61.0 Å². The van der Waals surface area contributed by atoms with Gasteiger partial charge in [-0.15, -0.1) is 11.8 Å². The van der Waals surface area contributed by atoms with Crippen molar-refractivity contribution in [1.82, 2.24) is 5.32 Å². The van der Waals surface area contributed by atoms with E-state index in [2.05, 4.69) is 23.7 Å². The molecule has 3 nitrogen and oxygen atoms in total. The van der Waals surface area contributed by atoms with E-state index in [1.54, 1.807) is 11.8 Å². The molecule has 2 fully saturated rings. The van der Waals surface area contributed by atoms with Crippen LogP contribution in [0.2, 0.25) is 0 Å². The van der Waals surface area contributed by atoms with Crippen molar-refractivity contribution in [3.05, 3.63) is 17.7 Å². The zero-order valence-corrected chi connectivity index (χ0v) is 13.4. The molecule has 0 atom stereocenters. The summed E-state index contributed by atoms with van der Waals surface area (Å²) in [5.74, 6) is 2.82. The molecule has 3 aliphatic rings. The lowest BCUT2D eigenvalue weighted by molar-refractivity contribution is 0.171. The van der Waals surface area contributed by atoms with Gasteiger partial charge in [0.2, 0.25) is 0 Å². The van der Waals surface area contributed by atoms with E-state index in [4.69, 9.17) is 9.47 Å². The van der Waals surface area contributed by atoms with Crippen molar-refractivity contribution in [3.63, 3.8) is 0 Å². The molecule has 1 aliphatic heterocycles. The average Bonchev–Trinajstić information content (AvgIpc) is 3.38. The average molecular weight is 305 g/mol. The number of hydrogen-bond donors (Lipinski definition) is 1. The highest BCUT2D eigenvalue weighted by Crippen LogP contribution is 2.60. The Morgan fingerprint density at radius 1 is 1.19 bits per heavy atom. The first-order valence-electron chi connectivity index (χ1n) is 7.98. The number of ether oxygens (including phenoxy) is 2. The van der Waals surface area contributed by atoms with Crippen molar-refractivity contribution >= 4 is 11.8 Å². The van der Waals surface area contributed by atoms with Crippen LogP contribution in [-0.2, 0) is 6.54 Å². The van der Waals surface area contributed by atoms with Crippen LogP contribution in [0.15, 0.2) is 17.0 Å². The minimum atomic E-state index is 0.655. The maximum absolute atomic E-state index is 5.71. The predicted molar refractivity (Wildman–Crippen MR) is 85.3 cm³/mol. The molecule has 0 amide bonds. The van der Waals surface area contributed by atoms with Crippen LogP contribution < -0.4 is 14.8 Å². The molecule has 0 spiro atoms. The van der Waals surface area contributed by atoms with Gasteiger partial charge >= 0.3 is 0 Å². The summed E-state index contributed by atoms with van der Waals surface area (Å²) in [4.78, 5) is 1.29. The van der Waals surface area contributed by atoms with Gasteiger partial charge < -0.3 is 14.8 Å². The summed E-state index contributed by atoms with van der Waals surface area (Å²) in [7, 11) is 0. The number of rotatable bonds is 6. The Morgan fingerprint density at radius 2 is 1.90 bits per heavy atom. The second-order valence-corrected chi connectivity index (χ2v) is 7.40. The molecule has 0 saturated heterocycles. The summed E-state index contributed by atoms with van der Waals surface area (Å²) in [5.41, 5.74) is 1.99. The molecular weight excluding hydrogens is 282 g/mol. The zero-order valence-electron chi connectivity index (χ0n) is 12.6. The van der Waals surface area contributed by atoms with Crippen molar-refractivity contribution in [2.75, 3.05) is 26.0 Å². The largest absolute Gasteiger partial charge is 0.486 e. The van der Waals surface area contributed by atoms with Gasteiger partial charge in [-0.25, -0.2) is 0 Å². The highest BCUT2D eigenvalue weighted by molar-refractivity contribution is 7.98. The molecule has 1 aromatic rings. The number of hydrogen-bond acceptors (Lipinski definition) is 4. The van der Waals surface area contributed by atoms with Gasteiger partial charge in [0.1, 0.15) is 13.2 Å². The van der Waals surface area contributed by atoms with Crippen molar-refractivity contribution in [1.29, 1.82) is 0 Å². The molecule has 0 aromatic heterocycles. The van der Waals surface area contributed by atoms with Crippen LogP contribution in [0.25, 0.3) is 0 Å². The monoisotopic (exact) mass is 305 g/mol. The maximum Gasteiger partial charge on any atom is 0.162 e. The molecule has 0 unspecified atom stereocenters. The van der Waals surface area contributed by atoms with E-state index in [0.717, 1.165) is 24.0 Å². The first-order chi connectivity index (χ1) is 10.3. The smallest absolute Gasteiger partial charge is 0.162 e. The van der Waals surface area contributed by atoms with Gasteiger partial charge in [0, 0.05) is 18.0 Å². The summed E-state index contributed by atoms with van der Waals surface area (Å²) in [5, 5.41) is 3.70. The molecule has 0 radical (unpaired) electrons. The summed E-state index contributed by atoms with van der Waals surface area (Å²) in [6.07, 6.45) is 7.91. The number of fused-ring (bicyclic) bond motifs is 1. The van der Waals surface area contributed by atoms with Crippen molar-refractivity contribution in [2.24, 2.45) is 11.3 Å². The number of benzene rings is 1. The Balaban J connectivity index is 1.43. The third-order valence-electron chi connectivity index (χ3n) is 5.07. The van der Waals surface area contributed by atoms with E-state index in [1.807, 2.05) is 0 Å². The lowest BCUT2D eigenvalue weighted by atomic mass is 10.0. The molecule has 4 heteroatoms. The first kappa shape index (κ1) is 13.8. The summed E-state index contributed by atoms with van der Waals surface area (Å²) in [6.45, 7) is 3.42. The highest BCUT2D eigenvalue weighted by Gasteiger charge is 2.53. The second kappa shape index (κ2) is 5.40. The molecule has 0 bridgehead atoms. The van der Waals surface area contributed by atoms with Crippen LogP contribution in [0.4, 0.5) is 0 Å². The zero-order chi connectivity index (χ0) is 14.3. The number of nitrogens with one attached hydrogen (secondary N) is 1. The van der Waals surface area contributed by atoms with Gasteiger partial charge in [-0.2, -0.15) is 0 Å². The van der Waals surface area contributed by atoms with Crippen LogP contribution in [-0.4, -0.2) is 26.0 Å². The van der Waals surface area contributed by atoms with E-state index in [1.165, 1.54) is 42.7 Å². The maximum atomic E-state index is 5.71. The van der Waals surface area contributed by atoms with E-state index in [9.17, 15) is 0 Å².